The molecule has 7 aromatic rings. The first-order chi connectivity index (χ1) is 22.1. The largest absolute Gasteiger partial charge is 1.00 e. The molecule has 0 unspecified atom stereocenters. The van der Waals surface area contributed by atoms with Crippen LogP contribution in [0.1, 0.15) is 0 Å². The van der Waals surface area contributed by atoms with Gasteiger partial charge < -0.3 is 19.7 Å². The molecule has 0 radical (unpaired) electrons. The average molecular weight is 671 g/mol. The van der Waals surface area contributed by atoms with Crippen molar-refractivity contribution in [2.24, 2.45) is 0 Å². The number of anilines is 4. The Kier molecular flexibility index (Phi) is 8.76. The van der Waals surface area contributed by atoms with E-state index in [9.17, 15) is 25.9 Å². The average Bonchev–Trinajstić information content (AvgIpc) is 3.04. The van der Waals surface area contributed by atoms with Crippen LogP contribution in [0.2, 0.25) is 0 Å². The summed E-state index contributed by atoms with van der Waals surface area (Å²) in [6.07, 6.45) is 0. The van der Waals surface area contributed by atoms with Crippen LogP contribution in [0.15, 0.2) is 137 Å². The molecule has 0 saturated carbocycles. The van der Waals surface area contributed by atoms with Crippen LogP contribution in [-0.2, 0) is 20.2 Å². The molecule has 13 heteroatoms. The molecule has 0 fully saturated rings. The minimum absolute atomic E-state index is 0. The second kappa shape index (κ2) is 12.7. The van der Waals surface area contributed by atoms with Gasteiger partial charge in [0.25, 0.3) is 0 Å². The molecule has 0 aliphatic carbocycles. The zero-order valence-electron chi connectivity index (χ0n) is 24.8. The predicted molar refractivity (Wildman–Crippen MR) is 174 cm³/mol. The van der Waals surface area contributed by atoms with E-state index in [0.717, 1.165) is 0 Å². The molecule has 1 heterocycles. The number of benzene rings is 6. The van der Waals surface area contributed by atoms with Crippen molar-refractivity contribution in [3.63, 3.8) is 0 Å². The number of nitrogens with zero attached hydrogens (tertiary/aromatic N) is 2. The van der Waals surface area contributed by atoms with Crippen molar-refractivity contribution in [3.8, 4) is 5.69 Å². The van der Waals surface area contributed by atoms with Gasteiger partial charge in [-0.3, -0.25) is 0 Å². The number of rotatable bonds is 7. The van der Waals surface area contributed by atoms with E-state index in [1.807, 2.05) is 59.2 Å². The quantitative estimate of drug-likeness (QED) is 0.0856. The molecule has 7 rings (SSSR count). The Balaban J connectivity index is 0.00000386. The second-order valence-corrected chi connectivity index (χ2v) is 13.2. The maximum absolute atomic E-state index is 12.6. The molecule has 2 N–H and O–H groups in total. The van der Waals surface area contributed by atoms with Crippen LogP contribution in [0.4, 0.5) is 22.7 Å². The normalized spacial score (nSPS) is 11.8. The van der Waals surface area contributed by atoms with Crippen LogP contribution in [0, 0.1) is 0 Å². The number of nitrogens with one attached hydrogen (secondary N) is 2. The third-order valence-corrected chi connectivity index (χ3v) is 9.28. The molecular weight excluding hydrogens is 648 g/mol. The third kappa shape index (κ3) is 6.32. The summed E-state index contributed by atoms with van der Waals surface area (Å²) in [7, 11) is -9.91. The van der Waals surface area contributed by atoms with E-state index in [4.69, 9.17) is 4.98 Å². The van der Waals surface area contributed by atoms with E-state index in [1.165, 1.54) is 18.2 Å². The van der Waals surface area contributed by atoms with E-state index in [-0.39, 0.29) is 51.7 Å². The summed E-state index contributed by atoms with van der Waals surface area (Å²) in [4.78, 5) is 3.86. The Labute approximate surface area is 292 Å². The Morgan fingerprint density at radius 2 is 1.11 bits per heavy atom. The Bertz CT molecular complexity index is 2520. The van der Waals surface area contributed by atoms with Gasteiger partial charge in [-0.15, -0.1) is 4.57 Å². The van der Waals surface area contributed by atoms with Crippen molar-refractivity contribution in [1.82, 2.24) is 4.98 Å². The van der Waals surface area contributed by atoms with Crippen molar-refractivity contribution in [1.29, 1.82) is 0 Å². The van der Waals surface area contributed by atoms with Crippen LogP contribution in [0.25, 0.3) is 38.5 Å². The van der Waals surface area contributed by atoms with E-state index in [1.54, 1.807) is 54.6 Å². The molecule has 47 heavy (non-hydrogen) atoms. The first-order valence-corrected chi connectivity index (χ1v) is 16.8. The summed E-state index contributed by atoms with van der Waals surface area (Å²) < 4.78 is 77.0. The molecular formula is C34H23N4NaO6S2. The van der Waals surface area contributed by atoms with Gasteiger partial charge in [-0.1, -0.05) is 66.7 Å². The maximum atomic E-state index is 12.6. The summed E-state index contributed by atoms with van der Waals surface area (Å²) in [6.45, 7) is 0. The van der Waals surface area contributed by atoms with Gasteiger partial charge >= 0.3 is 29.6 Å². The molecule has 10 nitrogen and oxygen atoms in total. The topological polar surface area (TPSA) is 155 Å². The van der Waals surface area contributed by atoms with Crippen molar-refractivity contribution < 1.29 is 60.1 Å². The van der Waals surface area contributed by atoms with Gasteiger partial charge in [0, 0.05) is 46.4 Å². The fourth-order valence-electron chi connectivity index (χ4n) is 5.61. The SMILES string of the molecule is O=S(=O)([O-])c1cc2nc3c4cccc(S(=O)(=O)[O-])c4c(Nc4ccccc4)cc3[n+](-c3ccccc3)c2cc1Nc1ccccc1.[Na+]. The van der Waals surface area contributed by atoms with Crippen molar-refractivity contribution in [3.05, 3.63) is 127 Å². The number of hydrogen-bond donors (Lipinski definition) is 2. The molecule has 0 spiro atoms. The van der Waals surface area contributed by atoms with Gasteiger partial charge in [0.2, 0.25) is 16.7 Å². The molecule has 0 aliphatic rings. The number of aromatic nitrogens is 2. The zero-order chi connectivity index (χ0) is 32.1. The minimum Gasteiger partial charge on any atom is -0.744 e. The maximum Gasteiger partial charge on any atom is 1.00 e. The first kappa shape index (κ1) is 32.5. The monoisotopic (exact) mass is 670 g/mol. The summed E-state index contributed by atoms with van der Waals surface area (Å²) in [6, 6.07) is 36.0. The van der Waals surface area contributed by atoms with Crippen molar-refractivity contribution in [2.45, 2.75) is 9.79 Å². The van der Waals surface area contributed by atoms with Gasteiger partial charge in [0.05, 0.1) is 21.2 Å². The molecule has 0 aliphatic heterocycles. The number of hydrogen-bond acceptors (Lipinski definition) is 9. The van der Waals surface area contributed by atoms with Crippen LogP contribution < -0.4 is 44.8 Å². The number of para-hydroxylation sites is 3. The van der Waals surface area contributed by atoms with E-state index < -0.39 is 30.0 Å². The fourth-order valence-corrected chi connectivity index (χ4v) is 6.96. The second-order valence-electron chi connectivity index (χ2n) is 10.5. The van der Waals surface area contributed by atoms with Gasteiger partial charge in [-0.05, 0) is 36.4 Å². The van der Waals surface area contributed by atoms with Crippen LogP contribution in [0.3, 0.4) is 0 Å². The molecule has 228 valence electrons. The molecule has 6 aromatic carbocycles. The van der Waals surface area contributed by atoms with E-state index >= 15 is 0 Å². The zero-order valence-corrected chi connectivity index (χ0v) is 28.4. The molecule has 0 atom stereocenters. The van der Waals surface area contributed by atoms with Gasteiger partial charge in [0.1, 0.15) is 31.3 Å². The Morgan fingerprint density at radius 3 is 1.68 bits per heavy atom. The van der Waals surface area contributed by atoms with Crippen LogP contribution >= 0.6 is 0 Å². The summed E-state index contributed by atoms with van der Waals surface area (Å²) >= 11 is 0. The molecule has 1 aromatic heterocycles. The molecule has 0 amide bonds. The van der Waals surface area contributed by atoms with Crippen LogP contribution in [0.5, 0.6) is 0 Å². The minimum atomic E-state index is -4.98. The fraction of sp³-hybridized carbons (Fsp3) is 0. The Morgan fingerprint density at radius 1 is 0.574 bits per heavy atom. The van der Waals surface area contributed by atoms with Crippen LogP contribution in [-0.4, -0.2) is 30.9 Å². The summed E-state index contributed by atoms with van der Waals surface area (Å²) in [5.74, 6) is 0. The van der Waals surface area contributed by atoms with Crippen molar-refractivity contribution in [2.75, 3.05) is 10.6 Å². The predicted octanol–water partition coefficient (Wildman–Crippen LogP) is 3.12. The Hall–Kier alpha value is -4.40. The third-order valence-electron chi connectivity index (χ3n) is 7.52. The molecule has 0 bridgehead atoms. The van der Waals surface area contributed by atoms with Gasteiger partial charge in [-0.25, -0.2) is 21.8 Å². The summed E-state index contributed by atoms with van der Waals surface area (Å²) in [5.41, 5.74) is 3.73. The summed E-state index contributed by atoms with van der Waals surface area (Å²) in [5, 5.41) is 6.79. The molecule has 0 saturated heterocycles. The van der Waals surface area contributed by atoms with E-state index in [0.29, 0.717) is 39.2 Å². The smallest absolute Gasteiger partial charge is 0.744 e. The van der Waals surface area contributed by atoms with Gasteiger partial charge in [-0.2, -0.15) is 0 Å². The van der Waals surface area contributed by atoms with Gasteiger partial charge in [0.15, 0.2) is 0 Å². The van der Waals surface area contributed by atoms with Crippen molar-refractivity contribution >= 4 is 75.8 Å². The van der Waals surface area contributed by atoms with E-state index in [2.05, 4.69) is 10.6 Å². The number of fused-ring (bicyclic) bond motifs is 4. The standard InChI is InChI=1S/C34H24N4O6S2.Na/c39-45(40,41)31-18-10-17-25-33(31)28(36-23-13-6-2-7-14-23)20-30-34(25)37-26-21-32(46(42,43)44)27(35-22-11-4-1-5-12-22)19-29(26)38(30)24-15-8-3-9-16-24;/h1-21H,(H3,35,36,39,40,41,42,43,44);/q;+1/p-1. The first-order valence-electron chi connectivity index (χ1n) is 14.0.